The van der Waals surface area contributed by atoms with E-state index in [9.17, 15) is 14.3 Å². The quantitative estimate of drug-likeness (QED) is 0.442. The summed E-state index contributed by atoms with van der Waals surface area (Å²) in [5.74, 6) is 0.0124. The number of hydrogen-bond donors (Lipinski definition) is 2. The number of aromatic nitrogens is 2. The fourth-order valence-electron chi connectivity index (χ4n) is 3.58. The van der Waals surface area contributed by atoms with Crippen LogP contribution >= 0.6 is 0 Å². The molecule has 0 aliphatic heterocycles. The maximum Gasteiger partial charge on any atom is 0.254 e. The summed E-state index contributed by atoms with van der Waals surface area (Å²) in [7, 11) is 0. The Balaban J connectivity index is 1.37. The minimum absolute atomic E-state index is 0.0362. The summed E-state index contributed by atoms with van der Waals surface area (Å²) in [5, 5.41) is 19.4. The van der Waals surface area contributed by atoms with Crippen LogP contribution in [0.5, 0.6) is 5.75 Å². The number of benzene rings is 3. The molecule has 2 N–H and O–H groups in total. The minimum Gasteiger partial charge on any atom is -0.490 e. The number of aliphatic hydroxyl groups excluding tert-OH is 1. The zero-order valence-corrected chi connectivity index (χ0v) is 17.7. The molecule has 1 atom stereocenters. The van der Waals surface area contributed by atoms with E-state index in [4.69, 9.17) is 4.74 Å². The van der Waals surface area contributed by atoms with Crippen LogP contribution < -0.4 is 10.1 Å². The Hall–Kier alpha value is -3.71. The van der Waals surface area contributed by atoms with Gasteiger partial charge in [-0.25, -0.2) is 9.07 Å². The summed E-state index contributed by atoms with van der Waals surface area (Å²) < 4.78 is 20.6. The second-order valence-corrected chi connectivity index (χ2v) is 7.40. The second kappa shape index (κ2) is 9.62. The highest BCUT2D eigenvalue weighted by atomic mass is 19.1. The maximum atomic E-state index is 13.2. The SMILES string of the molecule is CCc1c(C(=O)NCC(O)COc2cccc3ccccc23)cnn1-c1ccc(F)cc1. The van der Waals surface area contributed by atoms with Crippen molar-refractivity contribution >= 4 is 16.7 Å². The van der Waals surface area contributed by atoms with Gasteiger partial charge in [-0.3, -0.25) is 4.79 Å². The molecule has 0 saturated heterocycles. The second-order valence-electron chi connectivity index (χ2n) is 7.40. The van der Waals surface area contributed by atoms with Crippen LogP contribution in [0.4, 0.5) is 4.39 Å². The number of rotatable bonds is 8. The Morgan fingerprint density at radius 1 is 1.12 bits per heavy atom. The molecule has 0 spiro atoms. The summed E-state index contributed by atoms with van der Waals surface area (Å²) >= 11 is 0. The van der Waals surface area contributed by atoms with E-state index in [2.05, 4.69) is 10.4 Å². The van der Waals surface area contributed by atoms with Crippen LogP contribution in [-0.2, 0) is 6.42 Å². The fraction of sp³-hybridized carbons (Fsp3) is 0.200. The smallest absolute Gasteiger partial charge is 0.254 e. The number of halogens is 1. The van der Waals surface area contributed by atoms with E-state index in [0.717, 1.165) is 10.8 Å². The summed E-state index contributed by atoms with van der Waals surface area (Å²) in [5.41, 5.74) is 1.79. The van der Waals surface area contributed by atoms with Crippen LogP contribution in [0.15, 0.2) is 72.9 Å². The van der Waals surface area contributed by atoms with Gasteiger partial charge in [-0.1, -0.05) is 43.3 Å². The lowest BCUT2D eigenvalue weighted by molar-refractivity contribution is 0.0845. The third kappa shape index (κ3) is 4.63. The number of amides is 1. The predicted octanol–water partition coefficient (Wildman–Crippen LogP) is 3.90. The molecule has 0 aliphatic rings. The van der Waals surface area contributed by atoms with E-state index in [0.29, 0.717) is 29.1 Å². The van der Waals surface area contributed by atoms with E-state index >= 15 is 0 Å². The molecule has 4 aromatic rings. The summed E-state index contributed by atoms with van der Waals surface area (Å²) in [4.78, 5) is 12.7. The number of ether oxygens (including phenoxy) is 1. The lowest BCUT2D eigenvalue weighted by Gasteiger charge is -2.15. The van der Waals surface area contributed by atoms with Crippen LogP contribution in [0.25, 0.3) is 16.5 Å². The number of nitrogens with zero attached hydrogens (tertiary/aromatic N) is 2. The highest BCUT2D eigenvalue weighted by Crippen LogP contribution is 2.25. The third-order valence-electron chi connectivity index (χ3n) is 5.20. The largest absolute Gasteiger partial charge is 0.490 e. The maximum absolute atomic E-state index is 13.2. The molecule has 7 heteroatoms. The van der Waals surface area contributed by atoms with E-state index in [-0.39, 0.29) is 24.9 Å². The van der Waals surface area contributed by atoms with Gasteiger partial charge in [-0.05, 0) is 42.1 Å². The third-order valence-corrected chi connectivity index (χ3v) is 5.20. The van der Waals surface area contributed by atoms with Crippen molar-refractivity contribution in [2.45, 2.75) is 19.4 Å². The van der Waals surface area contributed by atoms with Crippen LogP contribution in [0, 0.1) is 5.82 Å². The first-order valence-corrected chi connectivity index (χ1v) is 10.5. The molecule has 0 fully saturated rings. The molecule has 4 rings (SSSR count). The molecular formula is C25H24FN3O3. The van der Waals surface area contributed by atoms with Gasteiger partial charge in [0, 0.05) is 11.9 Å². The summed E-state index contributed by atoms with van der Waals surface area (Å²) in [6.45, 7) is 2.00. The average Bonchev–Trinajstić information content (AvgIpc) is 3.26. The molecule has 0 saturated carbocycles. The van der Waals surface area contributed by atoms with Gasteiger partial charge in [-0.2, -0.15) is 5.10 Å². The normalized spacial score (nSPS) is 12.0. The molecule has 164 valence electrons. The summed E-state index contributed by atoms with van der Waals surface area (Å²) in [6.07, 6.45) is 1.17. The van der Waals surface area contributed by atoms with Crippen molar-refractivity contribution in [2.24, 2.45) is 0 Å². The highest BCUT2D eigenvalue weighted by Gasteiger charge is 2.18. The standard InChI is InChI=1S/C25H24FN3O3/c1-2-23-22(15-28-29(23)19-12-10-18(26)11-13-19)25(31)27-14-20(30)16-32-24-9-5-7-17-6-3-4-8-21(17)24/h3-13,15,20,30H,2,14,16H2,1H3,(H,27,31). The Morgan fingerprint density at radius 3 is 2.66 bits per heavy atom. The van der Waals surface area contributed by atoms with E-state index in [1.807, 2.05) is 49.4 Å². The van der Waals surface area contributed by atoms with Crippen LogP contribution in [0.3, 0.4) is 0 Å². The van der Waals surface area contributed by atoms with E-state index in [1.165, 1.54) is 18.3 Å². The van der Waals surface area contributed by atoms with Crippen LogP contribution in [0.1, 0.15) is 23.0 Å². The Labute approximate surface area is 185 Å². The first-order valence-electron chi connectivity index (χ1n) is 10.5. The number of carbonyl (C=O) groups is 1. The molecule has 0 bridgehead atoms. The summed E-state index contributed by atoms with van der Waals surface area (Å²) in [6, 6.07) is 19.5. The van der Waals surface area contributed by atoms with Gasteiger partial charge in [0.25, 0.3) is 5.91 Å². The number of aliphatic hydroxyl groups is 1. The Morgan fingerprint density at radius 2 is 1.88 bits per heavy atom. The molecule has 32 heavy (non-hydrogen) atoms. The van der Waals surface area contributed by atoms with Crippen molar-refractivity contribution in [1.29, 1.82) is 0 Å². The van der Waals surface area contributed by atoms with Gasteiger partial charge in [0.15, 0.2) is 0 Å². The topological polar surface area (TPSA) is 76.4 Å². The van der Waals surface area contributed by atoms with Gasteiger partial charge in [0.2, 0.25) is 0 Å². The van der Waals surface area contributed by atoms with Gasteiger partial charge in [0.05, 0.1) is 23.1 Å². The minimum atomic E-state index is -0.880. The molecule has 6 nitrogen and oxygen atoms in total. The number of carbonyl (C=O) groups excluding carboxylic acids is 1. The first-order chi connectivity index (χ1) is 15.6. The van der Waals surface area contributed by atoms with Gasteiger partial charge in [0.1, 0.15) is 24.3 Å². The molecule has 1 amide bonds. The van der Waals surface area contributed by atoms with Crippen molar-refractivity contribution < 1.29 is 19.0 Å². The molecule has 0 aliphatic carbocycles. The van der Waals surface area contributed by atoms with E-state index in [1.54, 1.807) is 16.8 Å². The zero-order valence-electron chi connectivity index (χ0n) is 17.7. The lowest BCUT2D eigenvalue weighted by atomic mass is 10.1. The van der Waals surface area contributed by atoms with Crippen molar-refractivity contribution in [1.82, 2.24) is 15.1 Å². The number of hydrogen-bond acceptors (Lipinski definition) is 4. The van der Waals surface area contributed by atoms with Crippen molar-refractivity contribution in [2.75, 3.05) is 13.2 Å². The number of nitrogens with one attached hydrogen (secondary N) is 1. The lowest BCUT2D eigenvalue weighted by Crippen LogP contribution is -2.35. The van der Waals surface area contributed by atoms with Gasteiger partial charge < -0.3 is 15.2 Å². The molecular weight excluding hydrogens is 409 g/mol. The van der Waals surface area contributed by atoms with Crippen LogP contribution in [-0.4, -0.2) is 40.0 Å². The van der Waals surface area contributed by atoms with Gasteiger partial charge >= 0.3 is 0 Å². The van der Waals surface area contributed by atoms with Crippen LogP contribution in [0.2, 0.25) is 0 Å². The Kier molecular flexibility index (Phi) is 6.47. The first kappa shape index (κ1) is 21.5. The average molecular weight is 433 g/mol. The molecule has 3 aromatic carbocycles. The molecule has 1 unspecified atom stereocenters. The zero-order chi connectivity index (χ0) is 22.5. The molecule has 1 aromatic heterocycles. The van der Waals surface area contributed by atoms with Crippen molar-refractivity contribution in [3.63, 3.8) is 0 Å². The van der Waals surface area contributed by atoms with E-state index < -0.39 is 6.10 Å². The Bertz CT molecular complexity index is 1220. The predicted molar refractivity (Wildman–Crippen MR) is 121 cm³/mol. The van der Waals surface area contributed by atoms with Crippen molar-refractivity contribution in [3.8, 4) is 11.4 Å². The fourth-order valence-corrected chi connectivity index (χ4v) is 3.58. The van der Waals surface area contributed by atoms with Gasteiger partial charge in [-0.15, -0.1) is 0 Å². The monoisotopic (exact) mass is 433 g/mol. The molecule has 1 heterocycles. The van der Waals surface area contributed by atoms with Crippen molar-refractivity contribution in [3.05, 3.63) is 90.0 Å². The highest BCUT2D eigenvalue weighted by molar-refractivity contribution is 5.95. The number of fused-ring (bicyclic) bond motifs is 1. The molecule has 0 radical (unpaired) electrons.